The van der Waals surface area contributed by atoms with E-state index in [1.165, 1.54) is 0 Å². The lowest BCUT2D eigenvalue weighted by molar-refractivity contribution is 0.680. The molecule has 0 saturated carbocycles. The molecule has 0 bridgehead atoms. The molecule has 1 atom stereocenters. The summed E-state index contributed by atoms with van der Waals surface area (Å²) in [5, 5.41) is 0.508. The summed E-state index contributed by atoms with van der Waals surface area (Å²) in [6, 6.07) is 21.2. The van der Waals surface area contributed by atoms with Crippen LogP contribution in [-0.2, 0) is 16.6 Å². The SMILES string of the molecule is O=S(Cc1cccnc1)c1nc2ccccc2nc1-c1ccccc1. The summed E-state index contributed by atoms with van der Waals surface area (Å²) in [6.45, 7) is 0. The van der Waals surface area contributed by atoms with E-state index in [-0.39, 0.29) is 0 Å². The van der Waals surface area contributed by atoms with Gasteiger partial charge < -0.3 is 0 Å². The number of hydrogen-bond donors (Lipinski definition) is 0. The Morgan fingerprint density at radius 1 is 0.800 bits per heavy atom. The zero-order valence-electron chi connectivity index (χ0n) is 13.4. The lowest BCUT2D eigenvalue weighted by atomic mass is 10.1. The second kappa shape index (κ2) is 6.91. The molecule has 4 aromatic rings. The van der Waals surface area contributed by atoms with Crippen LogP contribution in [0.1, 0.15) is 5.56 Å². The van der Waals surface area contributed by atoms with Gasteiger partial charge in [-0.1, -0.05) is 48.5 Å². The minimum atomic E-state index is -1.32. The maximum Gasteiger partial charge on any atom is 0.154 e. The van der Waals surface area contributed by atoms with Crippen molar-refractivity contribution in [1.29, 1.82) is 0 Å². The molecular weight excluding hydrogens is 330 g/mol. The molecule has 0 aliphatic rings. The van der Waals surface area contributed by atoms with E-state index in [2.05, 4.69) is 9.97 Å². The van der Waals surface area contributed by atoms with Crippen molar-refractivity contribution in [2.45, 2.75) is 10.8 Å². The van der Waals surface area contributed by atoms with Crippen molar-refractivity contribution in [2.24, 2.45) is 0 Å². The van der Waals surface area contributed by atoms with Crippen LogP contribution >= 0.6 is 0 Å². The van der Waals surface area contributed by atoms with Crippen LogP contribution in [0, 0.1) is 0 Å². The monoisotopic (exact) mass is 345 g/mol. The van der Waals surface area contributed by atoms with Crippen molar-refractivity contribution >= 4 is 21.8 Å². The normalized spacial score (nSPS) is 12.2. The van der Waals surface area contributed by atoms with Crippen LogP contribution in [-0.4, -0.2) is 19.2 Å². The molecular formula is C20H15N3OS. The lowest BCUT2D eigenvalue weighted by Gasteiger charge is -2.10. The highest BCUT2D eigenvalue weighted by Crippen LogP contribution is 2.26. The zero-order valence-corrected chi connectivity index (χ0v) is 14.2. The second-order valence-corrected chi connectivity index (χ2v) is 6.95. The minimum absolute atomic E-state index is 0.362. The van der Waals surface area contributed by atoms with Gasteiger partial charge in [0, 0.05) is 18.0 Å². The average molecular weight is 345 g/mol. The van der Waals surface area contributed by atoms with Gasteiger partial charge in [-0.05, 0) is 23.8 Å². The Morgan fingerprint density at radius 2 is 1.52 bits per heavy atom. The molecule has 0 N–H and O–H groups in total. The van der Waals surface area contributed by atoms with Gasteiger partial charge in [-0.3, -0.25) is 9.19 Å². The number of benzene rings is 2. The van der Waals surface area contributed by atoms with E-state index in [0.717, 1.165) is 22.2 Å². The van der Waals surface area contributed by atoms with Crippen molar-refractivity contribution in [1.82, 2.24) is 15.0 Å². The summed E-state index contributed by atoms with van der Waals surface area (Å²) in [7, 11) is -1.32. The quantitative estimate of drug-likeness (QED) is 0.561. The number of rotatable bonds is 4. The summed E-state index contributed by atoms with van der Waals surface area (Å²) in [5.41, 5.74) is 4.03. The number of fused-ring (bicyclic) bond motifs is 1. The fourth-order valence-corrected chi connectivity index (χ4v) is 3.82. The fraction of sp³-hybridized carbons (Fsp3) is 0.0500. The molecule has 0 aliphatic heterocycles. The van der Waals surface area contributed by atoms with E-state index < -0.39 is 10.8 Å². The van der Waals surface area contributed by atoms with Gasteiger partial charge in [-0.25, -0.2) is 9.97 Å². The van der Waals surface area contributed by atoms with Crippen molar-refractivity contribution in [2.75, 3.05) is 0 Å². The molecule has 122 valence electrons. The topological polar surface area (TPSA) is 55.7 Å². The summed E-state index contributed by atoms with van der Waals surface area (Å²) in [4.78, 5) is 13.5. The van der Waals surface area contributed by atoms with Gasteiger partial charge in [-0.2, -0.15) is 0 Å². The minimum Gasteiger partial charge on any atom is -0.264 e. The summed E-state index contributed by atoms with van der Waals surface area (Å²) >= 11 is 0. The molecule has 4 nitrogen and oxygen atoms in total. The molecule has 2 aromatic carbocycles. The van der Waals surface area contributed by atoms with Crippen molar-refractivity contribution < 1.29 is 4.21 Å². The fourth-order valence-electron chi connectivity index (χ4n) is 2.63. The highest BCUT2D eigenvalue weighted by Gasteiger charge is 2.17. The molecule has 0 spiro atoms. The molecule has 0 saturated heterocycles. The molecule has 4 rings (SSSR count). The van der Waals surface area contributed by atoms with Gasteiger partial charge in [0.05, 0.1) is 27.6 Å². The molecule has 2 aromatic heterocycles. The summed E-state index contributed by atoms with van der Waals surface area (Å²) in [6.07, 6.45) is 3.44. The molecule has 0 amide bonds. The van der Waals surface area contributed by atoms with Crippen LogP contribution in [0.4, 0.5) is 0 Å². The van der Waals surface area contributed by atoms with Gasteiger partial charge in [0.2, 0.25) is 0 Å². The zero-order chi connectivity index (χ0) is 17.1. The van der Waals surface area contributed by atoms with Gasteiger partial charge in [0.15, 0.2) is 5.03 Å². The maximum absolute atomic E-state index is 13.0. The van der Waals surface area contributed by atoms with E-state index >= 15 is 0 Å². The summed E-state index contributed by atoms with van der Waals surface area (Å²) in [5.74, 6) is 0.362. The lowest BCUT2D eigenvalue weighted by Crippen LogP contribution is -2.04. The van der Waals surface area contributed by atoms with Crippen LogP contribution in [0.5, 0.6) is 0 Å². The molecule has 2 heterocycles. The van der Waals surface area contributed by atoms with Crippen LogP contribution in [0.2, 0.25) is 0 Å². The van der Waals surface area contributed by atoms with Crippen molar-refractivity contribution in [3.05, 3.63) is 84.7 Å². The van der Waals surface area contributed by atoms with Crippen LogP contribution in [0.3, 0.4) is 0 Å². The summed E-state index contributed by atoms with van der Waals surface area (Å²) < 4.78 is 13.0. The van der Waals surface area contributed by atoms with Gasteiger partial charge >= 0.3 is 0 Å². The smallest absolute Gasteiger partial charge is 0.154 e. The van der Waals surface area contributed by atoms with Crippen molar-refractivity contribution in [3.63, 3.8) is 0 Å². The molecule has 0 aliphatic carbocycles. The number of pyridine rings is 1. The first-order valence-corrected chi connectivity index (χ1v) is 9.22. The van der Waals surface area contributed by atoms with Crippen LogP contribution in [0.25, 0.3) is 22.3 Å². The standard InChI is InChI=1S/C20H15N3OS/c24-25(14-15-7-6-12-21-13-15)20-19(16-8-2-1-3-9-16)22-17-10-4-5-11-18(17)23-20/h1-13H,14H2. The first-order valence-electron chi connectivity index (χ1n) is 7.91. The third kappa shape index (κ3) is 3.32. The third-order valence-electron chi connectivity index (χ3n) is 3.82. The largest absolute Gasteiger partial charge is 0.264 e. The Hall–Kier alpha value is -2.92. The predicted molar refractivity (Wildman–Crippen MR) is 99.3 cm³/mol. The van der Waals surface area contributed by atoms with Crippen LogP contribution < -0.4 is 0 Å². The average Bonchev–Trinajstić information content (AvgIpc) is 2.68. The highest BCUT2D eigenvalue weighted by atomic mass is 32.2. The highest BCUT2D eigenvalue weighted by molar-refractivity contribution is 7.84. The Kier molecular flexibility index (Phi) is 4.31. The first kappa shape index (κ1) is 15.6. The van der Waals surface area contributed by atoms with Gasteiger partial charge in [0.25, 0.3) is 0 Å². The van der Waals surface area contributed by atoms with E-state index in [4.69, 9.17) is 4.98 Å². The van der Waals surface area contributed by atoms with E-state index in [1.54, 1.807) is 12.4 Å². The molecule has 5 heteroatoms. The van der Waals surface area contributed by atoms with E-state index in [9.17, 15) is 4.21 Å². The molecule has 0 fully saturated rings. The Morgan fingerprint density at radius 3 is 2.24 bits per heavy atom. The maximum atomic E-state index is 13.0. The second-order valence-electron chi connectivity index (χ2n) is 5.58. The Labute approximate surface area is 148 Å². The number of para-hydroxylation sites is 2. The van der Waals surface area contributed by atoms with E-state index in [1.807, 2.05) is 66.7 Å². The number of hydrogen-bond acceptors (Lipinski definition) is 4. The number of nitrogens with zero attached hydrogens (tertiary/aromatic N) is 3. The molecule has 1 unspecified atom stereocenters. The number of aromatic nitrogens is 3. The first-order chi connectivity index (χ1) is 12.3. The third-order valence-corrected chi connectivity index (χ3v) is 5.13. The van der Waals surface area contributed by atoms with Crippen LogP contribution in [0.15, 0.2) is 84.1 Å². The Balaban J connectivity index is 1.84. The van der Waals surface area contributed by atoms with Crippen molar-refractivity contribution in [3.8, 4) is 11.3 Å². The van der Waals surface area contributed by atoms with Gasteiger partial charge in [0.1, 0.15) is 5.69 Å². The molecule has 25 heavy (non-hydrogen) atoms. The molecule has 0 radical (unpaired) electrons. The Bertz CT molecular complexity index is 1040. The predicted octanol–water partition coefficient (Wildman–Crippen LogP) is 4.00. The van der Waals surface area contributed by atoms with Gasteiger partial charge in [-0.15, -0.1) is 0 Å². The van der Waals surface area contributed by atoms with E-state index in [0.29, 0.717) is 16.5 Å².